The second-order valence-electron chi connectivity index (χ2n) is 8.62. The number of carbonyl (C=O) groups is 1. The van der Waals surface area contributed by atoms with E-state index in [0.717, 1.165) is 12.8 Å². The zero-order chi connectivity index (χ0) is 22.3. The Bertz CT molecular complexity index is 1170. The molecule has 0 aliphatic rings. The van der Waals surface area contributed by atoms with Gasteiger partial charge in [-0.05, 0) is 69.5 Å². The van der Waals surface area contributed by atoms with Crippen LogP contribution in [0, 0.1) is 0 Å². The van der Waals surface area contributed by atoms with Crippen molar-refractivity contribution in [3.05, 3.63) is 120 Å². The molecule has 0 fully saturated rings. The Morgan fingerprint density at radius 3 is 1.50 bits per heavy atom. The van der Waals surface area contributed by atoms with Gasteiger partial charge in [-0.15, -0.1) is 0 Å². The number of fused-ring (bicyclic) bond motifs is 2. The fraction of sp³-hybridized carbons (Fsp3) is 0.194. The molecule has 0 heterocycles. The lowest BCUT2D eigenvalue weighted by molar-refractivity contribution is -0.110. The molecule has 2 atom stereocenters. The first-order valence-corrected chi connectivity index (χ1v) is 11.5. The fourth-order valence-corrected chi connectivity index (χ4v) is 4.45. The van der Waals surface area contributed by atoms with E-state index < -0.39 is 0 Å². The smallest absolute Gasteiger partial charge is 0.178 e. The third kappa shape index (κ3) is 5.06. The van der Waals surface area contributed by atoms with E-state index in [-0.39, 0.29) is 5.78 Å². The minimum absolute atomic E-state index is 0.0558. The van der Waals surface area contributed by atoms with Gasteiger partial charge in [0.05, 0.1) is 0 Å². The van der Waals surface area contributed by atoms with Crippen molar-refractivity contribution in [1.29, 1.82) is 0 Å². The third-order valence-corrected chi connectivity index (χ3v) is 6.25. The van der Waals surface area contributed by atoms with Gasteiger partial charge in [-0.1, -0.05) is 111 Å². The van der Waals surface area contributed by atoms with Gasteiger partial charge in [-0.25, -0.2) is 0 Å². The predicted octanol–water partition coefficient (Wildman–Crippen LogP) is 8.36. The minimum Gasteiger partial charge on any atom is -0.290 e. The van der Waals surface area contributed by atoms with Crippen LogP contribution in [0.1, 0.15) is 49.7 Å². The number of hydrogen-bond acceptors (Lipinski definition) is 1. The summed E-state index contributed by atoms with van der Waals surface area (Å²) in [6.45, 7) is 4.44. The van der Waals surface area contributed by atoms with E-state index in [0.29, 0.717) is 11.8 Å². The van der Waals surface area contributed by atoms with Crippen molar-refractivity contribution in [2.75, 3.05) is 0 Å². The molecule has 4 rings (SSSR count). The average molecular weight is 419 g/mol. The summed E-state index contributed by atoms with van der Waals surface area (Å²) in [5, 5.41) is 5.12. The Hall–Kier alpha value is -3.45. The molecule has 0 amide bonds. The van der Waals surface area contributed by atoms with E-state index in [1.165, 1.54) is 32.7 Å². The molecule has 0 aromatic heterocycles. The van der Waals surface area contributed by atoms with Gasteiger partial charge in [0.2, 0.25) is 0 Å². The fourth-order valence-electron chi connectivity index (χ4n) is 4.45. The number of allylic oxidation sites excluding steroid dienone is 4. The number of hydrogen-bond donors (Lipinski definition) is 0. The molecule has 160 valence electrons. The maximum atomic E-state index is 12.3. The first kappa shape index (κ1) is 21.8. The molecule has 1 heteroatoms. The molecule has 1 nitrogen and oxygen atoms in total. The Morgan fingerprint density at radius 1 is 0.625 bits per heavy atom. The van der Waals surface area contributed by atoms with Gasteiger partial charge < -0.3 is 0 Å². The van der Waals surface area contributed by atoms with Crippen LogP contribution in [0.3, 0.4) is 0 Å². The number of benzene rings is 4. The topological polar surface area (TPSA) is 17.1 Å². The molecule has 0 saturated carbocycles. The first-order valence-electron chi connectivity index (χ1n) is 11.5. The lowest BCUT2D eigenvalue weighted by Crippen LogP contribution is -1.95. The highest BCUT2D eigenvalue weighted by molar-refractivity contribution is 5.99. The van der Waals surface area contributed by atoms with E-state index in [2.05, 4.69) is 98.8 Å². The van der Waals surface area contributed by atoms with Crippen LogP contribution >= 0.6 is 0 Å². The van der Waals surface area contributed by atoms with E-state index in [4.69, 9.17) is 0 Å². The van der Waals surface area contributed by atoms with Crippen LogP contribution in [0.5, 0.6) is 0 Å². The molecule has 0 N–H and O–H groups in total. The summed E-state index contributed by atoms with van der Waals surface area (Å²) in [6, 6.07) is 29.9. The van der Waals surface area contributed by atoms with Crippen molar-refractivity contribution in [3.63, 3.8) is 0 Å². The van der Waals surface area contributed by atoms with Crippen LogP contribution < -0.4 is 0 Å². The van der Waals surface area contributed by atoms with Gasteiger partial charge in [0.25, 0.3) is 0 Å². The van der Waals surface area contributed by atoms with Crippen LogP contribution in [-0.2, 0) is 4.79 Å². The van der Waals surface area contributed by atoms with Crippen LogP contribution in [0.15, 0.2) is 109 Å². The highest BCUT2D eigenvalue weighted by atomic mass is 16.1. The van der Waals surface area contributed by atoms with E-state index in [1.54, 1.807) is 12.2 Å². The second kappa shape index (κ2) is 10.2. The van der Waals surface area contributed by atoms with Gasteiger partial charge >= 0.3 is 0 Å². The molecule has 0 aliphatic heterocycles. The first-order chi connectivity index (χ1) is 15.6. The average Bonchev–Trinajstić information content (AvgIpc) is 2.83. The standard InChI is InChI=1S/C31H30O/c1-23(28-21-9-15-25-13-3-5-19-30(25)28)11-7-17-27(32)18-8-12-24(2)29-22-10-16-26-14-4-6-20-31(26)29/h3-10,13-24H,11-12H2,1-2H3. The number of carbonyl (C=O) groups excluding carboxylic acids is 1. The summed E-state index contributed by atoms with van der Waals surface area (Å²) in [5.41, 5.74) is 2.67. The minimum atomic E-state index is 0.0558. The Morgan fingerprint density at radius 2 is 1.03 bits per heavy atom. The monoisotopic (exact) mass is 418 g/mol. The lowest BCUT2D eigenvalue weighted by Gasteiger charge is -2.13. The Kier molecular flexibility index (Phi) is 6.97. The number of ketones is 1. The Balaban J connectivity index is 1.34. The second-order valence-corrected chi connectivity index (χ2v) is 8.62. The normalized spacial score (nSPS) is 13.8. The molecule has 0 spiro atoms. The summed E-state index contributed by atoms with van der Waals surface area (Å²) >= 11 is 0. The highest BCUT2D eigenvalue weighted by Gasteiger charge is 2.09. The van der Waals surface area contributed by atoms with Crippen LogP contribution in [-0.4, -0.2) is 5.78 Å². The molecular weight excluding hydrogens is 388 g/mol. The van der Waals surface area contributed by atoms with Gasteiger partial charge in [-0.2, -0.15) is 0 Å². The predicted molar refractivity (Wildman–Crippen MR) is 137 cm³/mol. The number of rotatable bonds is 8. The van der Waals surface area contributed by atoms with Crippen molar-refractivity contribution in [2.45, 2.75) is 38.5 Å². The van der Waals surface area contributed by atoms with Gasteiger partial charge in [-0.3, -0.25) is 4.79 Å². The summed E-state index contributed by atoms with van der Waals surface area (Å²) in [6.07, 6.45) is 9.13. The van der Waals surface area contributed by atoms with Gasteiger partial charge in [0.15, 0.2) is 5.78 Å². The molecule has 4 aromatic carbocycles. The van der Waals surface area contributed by atoms with Crippen molar-refractivity contribution in [3.8, 4) is 0 Å². The molecule has 0 saturated heterocycles. The van der Waals surface area contributed by atoms with E-state index in [1.807, 2.05) is 12.2 Å². The Labute approximate surface area is 191 Å². The molecule has 4 aromatic rings. The zero-order valence-corrected chi connectivity index (χ0v) is 18.9. The highest BCUT2D eigenvalue weighted by Crippen LogP contribution is 2.29. The molecular formula is C31H30O. The summed E-state index contributed by atoms with van der Waals surface area (Å²) in [7, 11) is 0. The molecule has 2 unspecified atom stereocenters. The maximum Gasteiger partial charge on any atom is 0.178 e. The van der Waals surface area contributed by atoms with Crippen LogP contribution in [0.25, 0.3) is 21.5 Å². The molecule has 0 bridgehead atoms. The summed E-state index contributed by atoms with van der Waals surface area (Å²) in [5.74, 6) is 0.779. The van der Waals surface area contributed by atoms with Gasteiger partial charge in [0, 0.05) is 0 Å². The summed E-state index contributed by atoms with van der Waals surface area (Å²) < 4.78 is 0. The van der Waals surface area contributed by atoms with Gasteiger partial charge in [0.1, 0.15) is 0 Å². The third-order valence-electron chi connectivity index (χ3n) is 6.25. The maximum absolute atomic E-state index is 12.3. The van der Waals surface area contributed by atoms with Crippen LogP contribution in [0.2, 0.25) is 0 Å². The van der Waals surface area contributed by atoms with Crippen LogP contribution in [0.4, 0.5) is 0 Å². The largest absolute Gasteiger partial charge is 0.290 e. The summed E-state index contributed by atoms with van der Waals surface area (Å²) in [4.78, 5) is 12.3. The van der Waals surface area contributed by atoms with Crippen molar-refractivity contribution >= 4 is 27.3 Å². The SMILES string of the molecule is CC(CC=CC(=O)C=CCC(C)c1cccc2ccccc12)c1cccc2ccccc12. The molecule has 0 aliphatic carbocycles. The quantitative estimate of drug-likeness (QED) is 0.263. The van der Waals surface area contributed by atoms with Crippen molar-refractivity contribution in [2.24, 2.45) is 0 Å². The zero-order valence-electron chi connectivity index (χ0n) is 18.9. The van der Waals surface area contributed by atoms with Crippen molar-refractivity contribution < 1.29 is 4.79 Å². The van der Waals surface area contributed by atoms with E-state index >= 15 is 0 Å². The van der Waals surface area contributed by atoms with Crippen molar-refractivity contribution in [1.82, 2.24) is 0 Å². The lowest BCUT2D eigenvalue weighted by atomic mass is 9.92. The molecule has 32 heavy (non-hydrogen) atoms. The van der Waals surface area contributed by atoms with E-state index in [9.17, 15) is 4.79 Å². The molecule has 0 radical (unpaired) electrons.